The molecule has 0 saturated carbocycles. The van der Waals surface area contributed by atoms with Crippen molar-refractivity contribution in [3.8, 4) is 0 Å². The molecule has 0 fully saturated rings. The van der Waals surface area contributed by atoms with Crippen LogP contribution in [0.5, 0.6) is 0 Å². The van der Waals surface area contributed by atoms with Crippen LogP contribution in [0, 0.1) is 6.92 Å². The number of hydrogen-bond donors (Lipinski definition) is 1. The molecule has 1 unspecified atom stereocenters. The van der Waals surface area contributed by atoms with Crippen LogP contribution >= 0.6 is 0 Å². The summed E-state index contributed by atoms with van der Waals surface area (Å²) in [7, 11) is 0. The van der Waals surface area contributed by atoms with Gasteiger partial charge in [-0.1, -0.05) is 6.92 Å². The largest absolute Gasteiger partial charge is 0.466 e. The van der Waals surface area contributed by atoms with E-state index in [1.807, 2.05) is 19.1 Å². The molecule has 0 aliphatic carbocycles. The molecule has 2 heteroatoms. The van der Waals surface area contributed by atoms with Gasteiger partial charge in [0.05, 0.1) is 0 Å². The number of hydrogen-bond acceptors (Lipinski definition) is 2. The number of furan rings is 1. The number of nitrogens with two attached hydrogens (primary N) is 1. The van der Waals surface area contributed by atoms with E-state index in [0.29, 0.717) is 12.5 Å². The molecule has 0 saturated heterocycles. The Hall–Kier alpha value is -0.760. The highest BCUT2D eigenvalue weighted by Gasteiger charge is 2.05. The van der Waals surface area contributed by atoms with Gasteiger partial charge in [-0.15, -0.1) is 0 Å². The summed E-state index contributed by atoms with van der Waals surface area (Å²) < 4.78 is 5.36. The summed E-state index contributed by atoms with van der Waals surface area (Å²) in [5, 5.41) is 0. The Morgan fingerprint density at radius 3 is 2.70 bits per heavy atom. The van der Waals surface area contributed by atoms with Gasteiger partial charge in [0.1, 0.15) is 11.5 Å². The van der Waals surface area contributed by atoms with Gasteiger partial charge in [-0.05, 0) is 19.1 Å². The second-order valence-electron chi connectivity index (χ2n) is 2.59. The third-order valence-corrected chi connectivity index (χ3v) is 1.60. The van der Waals surface area contributed by atoms with Gasteiger partial charge in [-0.25, -0.2) is 0 Å². The molecule has 1 heterocycles. The minimum Gasteiger partial charge on any atom is -0.466 e. The van der Waals surface area contributed by atoms with Gasteiger partial charge in [-0.3, -0.25) is 0 Å². The van der Waals surface area contributed by atoms with Crippen molar-refractivity contribution in [1.29, 1.82) is 0 Å². The highest BCUT2D eigenvalue weighted by Crippen LogP contribution is 2.15. The number of aryl methyl sites for hydroxylation is 1. The second kappa shape index (κ2) is 2.88. The lowest BCUT2D eigenvalue weighted by Gasteiger charge is -2.02. The molecule has 0 aromatic carbocycles. The highest BCUT2D eigenvalue weighted by molar-refractivity contribution is 5.09. The Morgan fingerprint density at radius 2 is 2.30 bits per heavy atom. The monoisotopic (exact) mass is 139 g/mol. The molecule has 2 nitrogen and oxygen atoms in total. The van der Waals surface area contributed by atoms with Gasteiger partial charge in [0.2, 0.25) is 0 Å². The molecule has 56 valence electrons. The van der Waals surface area contributed by atoms with E-state index in [9.17, 15) is 0 Å². The van der Waals surface area contributed by atoms with E-state index in [0.717, 1.165) is 11.5 Å². The van der Waals surface area contributed by atoms with Crippen LogP contribution in [0.25, 0.3) is 0 Å². The van der Waals surface area contributed by atoms with E-state index in [1.54, 1.807) is 0 Å². The van der Waals surface area contributed by atoms with Crippen LogP contribution in [0.15, 0.2) is 16.5 Å². The summed E-state index contributed by atoms with van der Waals surface area (Å²) in [6.45, 7) is 4.64. The Morgan fingerprint density at radius 1 is 1.60 bits per heavy atom. The van der Waals surface area contributed by atoms with Crippen molar-refractivity contribution in [3.63, 3.8) is 0 Å². The molecule has 1 aromatic rings. The van der Waals surface area contributed by atoms with Gasteiger partial charge in [0, 0.05) is 12.5 Å². The van der Waals surface area contributed by atoms with Crippen molar-refractivity contribution < 1.29 is 4.42 Å². The molecular weight excluding hydrogens is 126 g/mol. The predicted octanol–water partition coefficient (Wildman–Crippen LogP) is 1.65. The maximum absolute atomic E-state index is 5.45. The van der Waals surface area contributed by atoms with Crippen molar-refractivity contribution in [3.05, 3.63) is 23.7 Å². The average molecular weight is 139 g/mol. The molecule has 0 bridgehead atoms. The third-order valence-electron chi connectivity index (χ3n) is 1.60. The maximum atomic E-state index is 5.45. The van der Waals surface area contributed by atoms with Crippen LogP contribution in [0.2, 0.25) is 0 Å². The van der Waals surface area contributed by atoms with Crippen molar-refractivity contribution in [2.45, 2.75) is 19.8 Å². The highest BCUT2D eigenvalue weighted by atomic mass is 16.3. The molecule has 1 atom stereocenters. The third kappa shape index (κ3) is 1.39. The zero-order valence-electron chi connectivity index (χ0n) is 6.42. The van der Waals surface area contributed by atoms with E-state index in [1.165, 1.54) is 0 Å². The molecule has 0 radical (unpaired) electrons. The van der Waals surface area contributed by atoms with Crippen LogP contribution in [0.3, 0.4) is 0 Å². The summed E-state index contributed by atoms with van der Waals surface area (Å²) >= 11 is 0. The molecule has 0 aliphatic rings. The molecule has 1 rings (SSSR count). The zero-order chi connectivity index (χ0) is 7.56. The van der Waals surface area contributed by atoms with Crippen molar-refractivity contribution in [2.75, 3.05) is 6.54 Å². The van der Waals surface area contributed by atoms with Gasteiger partial charge in [0.15, 0.2) is 0 Å². The van der Waals surface area contributed by atoms with Crippen LogP contribution in [-0.2, 0) is 0 Å². The first-order valence-corrected chi connectivity index (χ1v) is 3.50. The van der Waals surface area contributed by atoms with Crippen LogP contribution in [-0.4, -0.2) is 6.54 Å². The first-order valence-electron chi connectivity index (χ1n) is 3.50. The minimum absolute atomic E-state index is 0.341. The standard InChI is InChI=1S/C8H13NO/c1-6(5-9)8-4-3-7(2)10-8/h3-4,6H,5,9H2,1-2H3. The fourth-order valence-electron chi connectivity index (χ4n) is 0.834. The molecule has 10 heavy (non-hydrogen) atoms. The molecule has 0 spiro atoms. The maximum Gasteiger partial charge on any atom is 0.108 e. The lowest BCUT2D eigenvalue weighted by atomic mass is 10.1. The van der Waals surface area contributed by atoms with Crippen LogP contribution in [0.4, 0.5) is 0 Å². The summed E-state index contributed by atoms with van der Waals surface area (Å²) in [4.78, 5) is 0. The van der Waals surface area contributed by atoms with E-state index < -0.39 is 0 Å². The average Bonchev–Trinajstić information content (AvgIpc) is 2.34. The van der Waals surface area contributed by atoms with E-state index in [2.05, 4.69) is 6.92 Å². The molecule has 0 amide bonds. The SMILES string of the molecule is Cc1ccc(C(C)CN)o1. The van der Waals surface area contributed by atoms with Crippen LogP contribution < -0.4 is 5.73 Å². The van der Waals surface area contributed by atoms with Crippen molar-refractivity contribution in [1.82, 2.24) is 0 Å². The predicted molar refractivity (Wildman–Crippen MR) is 40.9 cm³/mol. The Bertz CT molecular complexity index is 205. The quantitative estimate of drug-likeness (QED) is 0.676. The lowest BCUT2D eigenvalue weighted by molar-refractivity contribution is 0.456. The van der Waals surface area contributed by atoms with Crippen LogP contribution in [0.1, 0.15) is 24.4 Å². The number of rotatable bonds is 2. The van der Waals surface area contributed by atoms with E-state index in [4.69, 9.17) is 10.2 Å². The van der Waals surface area contributed by atoms with Gasteiger partial charge >= 0.3 is 0 Å². The second-order valence-corrected chi connectivity index (χ2v) is 2.59. The minimum atomic E-state index is 0.341. The van der Waals surface area contributed by atoms with E-state index >= 15 is 0 Å². The summed E-state index contributed by atoms with van der Waals surface area (Å²) in [6, 6.07) is 3.94. The first kappa shape index (κ1) is 7.35. The Balaban J connectivity index is 2.74. The topological polar surface area (TPSA) is 39.2 Å². The molecule has 0 aliphatic heterocycles. The molecular formula is C8H13NO. The van der Waals surface area contributed by atoms with Gasteiger partial charge < -0.3 is 10.2 Å². The fraction of sp³-hybridized carbons (Fsp3) is 0.500. The van der Waals surface area contributed by atoms with Gasteiger partial charge in [-0.2, -0.15) is 0 Å². The van der Waals surface area contributed by atoms with Crippen molar-refractivity contribution in [2.24, 2.45) is 5.73 Å². The summed E-state index contributed by atoms with van der Waals surface area (Å²) in [5.41, 5.74) is 5.45. The summed E-state index contributed by atoms with van der Waals surface area (Å²) in [5.74, 6) is 2.28. The lowest BCUT2D eigenvalue weighted by Crippen LogP contribution is -2.07. The molecule has 1 aromatic heterocycles. The normalized spacial score (nSPS) is 13.5. The zero-order valence-corrected chi connectivity index (χ0v) is 6.42. The van der Waals surface area contributed by atoms with Gasteiger partial charge in [0.25, 0.3) is 0 Å². The smallest absolute Gasteiger partial charge is 0.108 e. The van der Waals surface area contributed by atoms with Crippen molar-refractivity contribution >= 4 is 0 Å². The Labute approximate surface area is 61.0 Å². The summed E-state index contributed by atoms with van der Waals surface area (Å²) in [6.07, 6.45) is 0. The fourth-order valence-corrected chi connectivity index (χ4v) is 0.834. The van der Waals surface area contributed by atoms with E-state index in [-0.39, 0.29) is 0 Å². The molecule has 2 N–H and O–H groups in total. The Kier molecular flexibility index (Phi) is 2.12. The first-order chi connectivity index (χ1) is 4.74.